The average molecular weight is 184 g/mol. The van der Waals surface area contributed by atoms with E-state index in [4.69, 9.17) is 5.73 Å². The lowest BCUT2D eigenvalue weighted by Gasteiger charge is -2.21. The molecule has 2 nitrogen and oxygen atoms in total. The van der Waals surface area contributed by atoms with Crippen molar-refractivity contribution in [2.75, 3.05) is 20.1 Å². The van der Waals surface area contributed by atoms with E-state index < -0.39 is 0 Å². The van der Waals surface area contributed by atoms with Crippen molar-refractivity contribution in [2.45, 2.75) is 39.2 Å². The highest BCUT2D eigenvalue weighted by Crippen LogP contribution is 2.00. The molecule has 0 bridgehead atoms. The standard InChI is InChI=1S/C11H24N2/c1-5-6-7-11(12)9-13(4)8-10(2)3/h11H,2,5-9,12H2,1,3-4H3. The molecule has 13 heavy (non-hydrogen) atoms. The van der Waals surface area contributed by atoms with Crippen LogP contribution in [0.1, 0.15) is 33.1 Å². The highest BCUT2D eigenvalue weighted by atomic mass is 15.1. The predicted molar refractivity (Wildman–Crippen MR) is 59.8 cm³/mol. The van der Waals surface area contributed by atoms with Gasteiger partial charge in [-0.1, -0.05) is 31.9 Å². The first-order valence-corrected chi connectivity index (χ1v) is 5.14. The Labute approximate surface area is 82.8 Å². The minimum absolute atomic E-state index is 0.323. The zero-order valence-corrected chi connectivity index (χ0v) is 9.34. The fourth-order valence-corrected chi connectivity index (χ4v) is 1.48. The van der Waals surface area contributed by atoms with Crippen LogP contribution in [0.2, 0.25) is 0 Å². The van der Waals surface area contributed by atoms with Gasteiger partial charge in [-0.25, -0.2) is 0 Å². The van der Waals surface area contributed by atoms with Gasteiger partial charge in [-0.15, -0.1) is 0 Å². The van der Waals surface area contributed by atoms with Gasteiger partial charge in [-0.05, 0) is 20.4 Å². The lowest BCUT2D eigenvalue weighted by atomic mass is 10.1. The van der Waals surface area contributed by atoms with Crippen molar-refractivity contribution >= 4 is 0 Å². The van der Waals surface area contributed by atoms with Crippen LogP contribution in [0, 0.1) is 0 Å². The van der Waals surface area contributed by atoms with Gasteiger partial charge >= 0.3 is 0 Å². The molecule has 2 heteroatoms. The fraction of sp³-hybridized carbons (Fsp3) is 0.818. The fourth-order valence-electron chi connectivity index (χ4n) is 1.48. The molecule has 1 atom stereocenters. The van der Waals surface area contributed by atoms with E-state index in [9.17, 15) is 0 Å². The number of hydrogen-bond donors (Lipinski definition) is 1. The summed E-state index contributed by atoms with van der Waals surface area (Å²) in [4.78, 5) is 2.24. The second kappa shape index (κ2) is 7.10. The quantitative estimate of drug-likeness (QED) is 0.613. The van der Waals surface area contributed by atoms with Crippen molar-refractivity contribution in [1.82, 2.24) is 4.90 Å². The second-order valence-corrected chi connectivity index (χ2v) is 4.06. The summed E-state index contributed by atoms with van der Waals surface area (Å²) in [7, 11) is 2.10. The molecule has 0 aliphatic heterocycles. The molecule has 0 aliphatic rings. The van der Waals surface area contributed by atoms with E-state index in [1.54, 1.807) is 0 Å². The molecular weight excluding hydrogens is 160 g/mol. The molecule has 0 heterocycles. The van der Waals surface area contributed by atoms with Gasteiger partial charge in [0.05, 0.1) is 0 Å². The van der Waals surface area contributed by atoms with Crippen LogP contribution < -0.4 is 5.73 Å². The first-order valence-electron chi connectivity index (χ1n) is 5.14. The number of rotatable bonds is 7. The summed E-state index contributed by atoms with van der Waals surface area (Å²) in [5, 5.41) is 0. The van der Waals surface area contributed by atoms with E-state index in [-0.39, 0.29) is 0 Å². The first kappa shape index (κ1) is 12.7. The Hall–Kier alpha value is -0.340. The largest absolute Gasteiger partial charge is 0.327 e. The molecular formula is C11H24N2. The monoisotopic (exact) mass is 184 g/mol. The van der Waals surface area contributed by atoms with Gasteiger partial charge in [0.25, 0.3) is 0 Å². The molecule has 2 N–H and O–H groups in total. The second-order valence-electron chi connectivity index (χ2n) is 4.06. The van der Waals surface area contributed by atoms with Crippen molar-refractivity contribution in [1.29, 1.82) is 0 Å². The third-order valence-electron chi connectivity index (χ3n) is 2.01. The Morgan fingerprint density at radius 2 is 2.15 bits per heavy atom. The minimum atomic E-state index is 0.323. The van der Waals surface area contributed by atoms with E-state index in [0.29, 0.717) is 6.04 Å². The van der Waals surface area contributed by atoms with Gasteiger partial charge < -0.3 is 10.6 Å². The topological polar surface area (TPSA) is 29.3 Å². The molecule has 1 unspecified atom stereocenters. The Balaban J connectivity index is 3.52. The average Bonchev–Trinajstić information content (AvgIpc) is 1.98. The molecule has 78 valence electrons. The van der Waals surface area contributed by atoms with Gasteiger partial charge in [0, 0.05) is 19.1 Å². The van der Waals surface area contributed by atoms with Crippen LogP contribution in [0.3, 0.4) is 0 Å². The summed E-state index contributed by atoms with van der Waals surface area (Å²) in [5.74, 6) is 0. The number of hydrogen-bond acceptors (Lipinski definition) is 2. The van der Waals surface area contributed by atoms with Crippen molar-refractivity contribution in [3.63, 3.8) is 0 Å². The van der Waals surface area contributed by atoms with Crippen LogP contribution in [0.4, 0.5) is 0 Å². The Morgan fingerprint density at radius 1 is 1.54 bits per heavy atom. The Morgan fingerprint density at radius 3 is 2.62 bits per heavy atom. The lowest BCUT2D eigenvalue weighted by Crippen LogP contribution is -2.35. The predicted octanol–water partition coefficient (Wildman–Crippen LogP) is 2.01. The Bertz CT molecular complexity index is 143. The third kappa shape index (κ3) is 8.00. The molecule has 0 rings (SSSR count). The molecule has 0 aromatic rings. The van der Waals surface area contributed by atoms with E-state index in [2.05, 4.69) is 25.5 Å². The van der Waals surface area contributed by atoms with Crippen LogP contribution in [0.15, 0.2) is 12.2 Å². The summed E-state index contributed by atoms with van der Waals surface area (Å²) in [6.07, 6.45) is 3.61. The minimum Gasteiger partial charge on any atom is -0.327 e. The zero-order chi connectivity index (χ0) is 10.3. The molecule has 0 aromatic carbocycles. The summed E-state index contributed by atoms with van der Waals surface area (Å²) >= 11 is 0. The summed E-state index contributed by atoms with van der Waals surface area (Å²) < 4.78 is 0. The third-order valence-corrected chi connectivity index (χ3v) is 2.01. The smallest absolute Gasteiger partial charge is 0.0185 e. The zero-order valence-electron chi connectivity index (χ0n) is 9.34. The molecule has 0 fully saturated rings. The molecule has 0 amide bonds. The van der Waals surface area contributed by atoms with Gasteiger partial charge in [0.2, 0.25) is 0 Å². The van der Waals surface area contributed by atoms with Crippen LogP contribution in [0.25, 0.3) is 0 Å². The van der Waals surface area contributed by atoms with Gasteiger partial charge in [-0.3, -0.25) is 0 Å². The Kier molecular flexibility index (Phi) is 6.92. The highest BCUT2D eigenvalue weighted by molar-refractivity contribution is 4.91. The summed E-state index contributed by atoms with van der Waals surface area (Å²) in [6, 6.07) is 0.323. The van der Waals surface area contributed by atoms with Crippen molar-refractivity contribution in [3.8, 4) is 0 Å². The summed E-state index contributed by atoms with van der Waals surface area (Å²) in [5.41, 5.74) is 7.16. The number of unbranched alkanes of at least 4 members (excludes halogenated alkanes) is 1. The number of likely N-dealkylation sites (N-methyl/N-ethyl adjacent to an activating group) is 1. The molecule has 0 spiro atoms. The van der Waals surface area contributed by atoms with Gasteiger partial charge in [0.15, 0.2) is 0 Å². The molecule has 0 saturated carbocycles. The van der Waals surface area contributed by atoms with E-state index in [0.717, 1.165) is 19.5 Å². The maximum atomic E-state index is 5.97. The van der Waals surface area contributed by atoms with Gasteiger partial charge in [-0.2, -0.15) is 0 Å². The van der Waals surface area contributed by atoms with E-state index in [1.807, 2.05) is 6.92 Å². The van der Waals surface area contributed by atoms with Crippen molar-refractivity contribution < 1.29 is 0 Å². The highest BCUT2D eigenvalue weighted by Gasteiger charge is 2.05. The molecule has 0 radical (unpaired) electrons. The van der Waals surface area contributed by atoms with Gasteiger partial charge in [0.1, 0.15) is 0 Å². The molecule has 0 aliphatic carbocycles. The van der Waals surface area contributed by atoms with E-state index in [1.165, 1.54) is 18.4 Å². The maximum absolute atomic E-state index is 5.97. The first-order chi connectivity index (χ1) is 6.06. The van der Waals surface area contributed by atoms with Crippen molar-refractivity contribution in [2.24, 2.45) is 5.73 Å². The number of nitrogens with zero attached hydrogens (tertiary/aromatic N) is 1. The van der Waals surface area contributed by atoms with Crippen LogP contribution in [-0.2, 0) is 0 Å². The van der Waals surface area contributed by atoms with Crippen LogP contribution in [0.5, 0.6) is 0 Å². The lowest BCUT2D eigenvalue weighted by molar-refractivity contribution is 0.324. The normalized spacial score (nSPS) is 13.3. The summed E-state index contributed by atoms with van der Waals surface area (Å²) in [6.45, 7) is 10.1. The van der Waals surface area contributed by atoms with Crippen LogP contribution >= 0.6 is 0 Å². The van der Waals surface area contributed by atoms with Crippen LogP contribution in [-0.4, -0.2) is 31.1 Å². The maximum Gasteiger partial charge on any atom is 0.0185 e. The molecule has 0 saturated heterocycles. The van der Waals surface area contributed by atoms with E-state index >= 15 is 0 Å². The molecule has 0 aromatic heterocycles. The SMILES string of the molecule is C=C(C)CN(C)CC(N)CCCC. The number of nitrogens with two attached hydrogens (primary N) is 1. The van der Waals surface area contributed by atoms with Crippen molar-refractivity contribution in [3.05, 3.63) is 12.2 Å².